The van der Waals surface area contributed by atoms with Crippen molar-refractivity contribution in [2.45, 2.75) is 102 Å². The third-order valence-corrected chi connectivity index (χ3v) is 6.85. The van der Waals surface area contributed by atoms with Gasteiger partial charge in [-0.15, -0.1) is 0 Å². The van der Waals surface area contributed by atoms with Gasteiger partial charge in [0.1, 0.15) is 0 Å². The molecular formula is C23H36O3. The first-order valence-electron chi connectivity index (χ1n) is 10.9. The van der Waals surface area contributed by atoms with Crippen LogP contribution >= 0.6 is 0 Å². The van der Waals surface area contributed by atoms with E-state index in [1.54, 1.807) is 6.08 Å². The molecule has 0 aromatic rings. The molecule has 146 valence electrons. The second-order valence-corrected chi connectivity index (χ2v) is 8.66. The van der Waals surface area contributed by atoms with Gasteiger partial charge in [-0.2, -0.15) is 0 Å². The van der Waals surface area contributed by atoms with Gasteiger partial charge in [0.05, 0.1) is 0 Å². The molecule has 0 spiro atoms. The molecule has 2 aliphatic carbocycles. The van der Waals surface area contributed by atoms with E-state index in [1.807, 2.05) is 12.2 Å². The minimum absolute atomic E-state index is 0.264. The summed E-state index contributed by atoms with van der Waals surface area (Å²) in [6, 6.07) is 0. The normalized spacial score (nSPS) is 27.4. The molecule has 3 aliphatic rings. The van der Waals surface area contributed by atoms with Crippen LogP contribution in [0.5, 0.6) is 0 Å². The average Bonchev–Trinajstić information content (AvgIpc) is 3.00. The van der Waals surface area contributed by atoms with Gasteiger partial charge in [-0.25, -0.2) is 4.79 Å². The van der Waals surface area contributed by atoms with E-state index in [-0.39, 0.29) is 6.10 Å². The monoisotopic (exact) mass is 360 g/mol. The van der Waals surface area contributed by atoms with E-state index in [2.05, 4.69) is 6.58 Å². The summed E-state index contributed by atoms with van der Waals surface area (Å²) in [5.41, 5.74) is -0.467. The van der Waals surface area contributed by atoms with E-state index in [4.69, 9.17) is 9.47 Å². The molecule has 0 N–H and O–H groups in total. The zero-order valence-electron chi connectivity index (χ0n) is 16.3. The molecule has 0 aromatic heterocycles. The molecule has 1 aliphatic heterocycles. The zero-order chi connectivity index (χ0) is 18.2. The van der Waals surface area contributed by atoms with E-state index in [0.717, 1.165) is 37.5 Å². The van der Waals surface area contributed by atoms with Gasteiger partial charge in [0.25, 0.3) is 0 Å². The Morgan fingerprint density at radius 1 is 0.923 bits per heavy atom. The topological polar surface area (TPSA) is 35.5 Å². The van der Waals surface area contributed by atoms with Crippen LogP contribution in [0.4, 0.5) is 4.79 Å². The van der Waals surface area contributed by atoms with E-state index >= 15 is 0 Å². The fourth-order valence-corrected chi connectivity index (χ4v) is 5.21. The predicted octanol–water partition coefficient (Wildman–Crippen LogP) is 6.72. The first-order chi connectivity index (χ1) is 12.7. The summed E-state index contributed by atoms with van der Waals surface area (Å²) >= 11 is 0. The number of hydrogen-bond acceptors (Lipinski definition) is 3. The lowest BCUT2D eigenvalue weighted by Crippen LogP contribution is -2.40. The molecule has 26 heavy (non-hydrogen) atoms. The fourth-order valence-electron chi connectivity index (χ4n) is 5.21. The van der Waals surface area contributed by atoms with Crippen molar-refractivity contribution in [2.75, 3.05) is 0 Å². The van der Waals surface area contributed by atoms with Crippen LogP contribution < -0.4 is 0 Å². The van der Waals surface area contributed by atoms with Crippen molar-refractivity contribution in [3.05, 3.63) is 24.8 Å². The van der Waals surface area contributed by atoms with Crippen molar-refractivity contribution in [2.24, 2.45) is 11.8 Å². The van der Waals surface area contributed by atoms with E-state index in [1.165, 1.54) is 64.2 Å². The zero-order valence-corrected chi connectivity index (χ0v) is 16.3. The quantitative estimate of drug-likeness (QED) is 0.356. The Morgan fingerprint density at radius 3 is 1.96 bits per heavy atom. The standard InChI is InChI=1S/C23H36O3/c1-2-3-14-21-23(26-22(24)25-21,17-15-19-10-6-4-7-11-19)18-16-20-12-8-5-9-13-20/h2-3,14,19-21H,1,4-13,15-18H2. The van der Waals surface area contributed by atoms with Crippen LogP contribution in [-0.4, -0.2) is 17.9 Å². The number of ether oxygens (including phenoxy) is 2. The average molecular weight is 361 g/mol. The molecule has 3 rings (SSSR count). The number of hydrogen-bond donors (Lipinski definition) is 0. The highest BCUT2D eigenvalue weighted by molar-refractivity contribution is 5.64. The molecule has 1 atom stereocenters. The Kier molecular flexibility index (Phi) is 7.22. The Balaban J connectivity index is 1.66. The molecule has 0 aromatic carbocycles. The van der Waals surface area contributed by atoms with E-state index in [9.17, 15) is 4.79 Å². The Hall–Kier alpha value is -1.25. The van der Waals surface area contributed by atoms with Crippen molar-refractivity contribution >= 4 is 6.16 Å². The highest BCUT2D eigenvalue weighted by atomic mass is 16.8. The molecule has 1 unspecified atom stereocenters. The van der Waals surface area contributed by atoms with Gasteiger partial charge in [0, 0.05) is 0 Å². The molecule has 1 heterocycles. The van der Waals surface area contributed by atoms with Gasteiger partial charge in [-0.3, -0.25) is 0 Å². The third-order valence-electron chi connectivity index (χ3n) is 6.85. The SMILES string of the molecule is C=CC=CC1OC(=O)OC1(CCC1CCCCC1)CCC1CCCCC1. The van der Waals surface area contributed by atoms with Crippen molar-refractivity contribution in [3.8, 4) is 0 Å². The minimum atomic E-state index is -0.490. The molecular weight excluding hydrogens is 324 g/mol. The van der Waals surface area contributed by atoms with E-state index in [0.29, 0.717) is 0 Å². The molecule has 0 amide bonds. The Bertz CT molecular complexity index is 462. The summed E-state index contributed by atoms with van der Waals surface area (Å²) in [5, 5.41) is 0. The summed E-state index contributed by atoms with van der Waals surface area (Å²) in [7, 11) is 0. The molecule has 3 nitrogen and oxygen atoms in total. The van der Waals surface area contributed by atoms with Crippen molar-refractivity contribution in [1.82, 2.24) is 0 Å². The second-order valence-electron chi connectivity index (χ2n) is 8.66. The number of rotatable bonds is 8. The van der Waals surface area contributed by atoms with Gasteiger partial charge in [0.2, 0.25) is 0 Å². The van der Waals surface area contributed by atoms with Gasteiger partial charge in [-0.05, 0) is 43.6 Å². The Labute approximate surface area is 159 Å². The summed E-state index contributed by atoms with van der Waals surface area (Å²) in [6.45, 7) is 3.76. The van der Waals surface area contributed by atoms with Gasteiger partial charge in [-0.1, -0.05) is 82.9 Å². The molecule has 1 saturated heterocycles. The van der Waals surface area contributed by atoms with Crippen molar-refractivity contribution in [1.29, 1.82) is 0 Å². The van der Waals surface area contributed by atoms with Gasteiger partial charge < -0.3 is 9.47 Å². The van der Waals surface area contributed by atoms with Crippen LogP contribution in [0.25, 0.3) is 0 Å². The van der Waals surface area contributed by atoms with Crippen LogP contribution in [0.15, 0.2) is 24.8 Å². The molecule has 3 heteroatoms. The highest BCUT2D eigenvalue weighted by Crippen LogP contribution is 2.41. The van der Waals surface area contributed by atoms with Crippen LogP contribution in [0, 0.1) is 11.8 Å². The fraction of sp³-hybridized carbons (Fsp3) is 0.783. The highest BCUT2D eigenvalue weighted by Gasteiger charge is 2.49. The lowest BCUT2D eigenvalue weighted by Gasteiger charge is -2.34. The first-order valence-corrected chi connectivity index (χ1v) is 10.9. The van der Waals surface area contributed by atoms with Crippen LogP contribution in [0.1, 0.15) is 89.9 Å². The third kappa shape index (κ3) is 5.14. The van der Waals surface area contributed by atoms with Crippen LogP contribution in [0.3, 0.4) is 0 Å². The predicted molar refractivity (Wildman–Crippen MR) is 105 cm³/mol. The summed E-state index contributed by atoms with van der Waals surface area (Å²) in [4.78, 5) is 12.0. The first kappa shape index (κ1) is 19.5. The molecule has 2 saturated carbocycles. The number of allylic oxidation sites excluding steroid dienone is 2. The molecule has 0 bridgehead atoms. The maximum absolute atomic E-state index is 12.0. The lowest BCUT2D eigenvalue weighted by atomic mass is 9.77. The number of carbonyl (C=O) groups excluding carboxylic acids is 1. The maximum atomic E-state index is 12.0. The molecule has 0 radical (unpaired) electrons. The maximum Gasteiger partial charge on any atom is 0.509 e. The van der Waals surface area contributed by atoms with E-state index < -0.39 is 11.8 Å². The summed E-state index contributed by atoms with van der Waals surface area (Å²) in [5.74, 6) is 1.58. The summed E-state index contributed by atoms with van der Waals surface area (Å²) < 4.78 is 11.5. The van der Waals surface area contributed by atoms with Crippen molar-refractivity contribution in [3.63, 3.8) is 0 Å². The van der Waals surface area contributed by atoms with Crippen LogP contribution in [-0.2, 0) is 9.47 Å². The van der Waals surface area contributed by atoms with Crippen molar-refractivity contribution < 1.29 is 14.3 Å². The number of carbonyl (C=O) groups is 1. The smallest absolute Gasteiger partial charge is 0.423 e. The largest absolute Gasteiger partial charge is 0.509 e. The van der Waals surface area contributed by atoms with Crippen LogP contribution in [0.2, 0.25) is 0 Å². The second kappa shape index (κ2) is 9.62. The lowest BCUT2D eigenvalue weighted by molar-refractivity contribution is 0.0129. The minimum Gasteiger partial charge on any atom is -0.423 e. The number of cyclic esters (lactones) is 2. The van der Waals surface area contributed by atoms with Gasteiger partial charge in [0.15, 0.2) is 11.7 Å². The Morgan fingerprint density at radius 2 is 1.46 bits per heavy atom. The molecule has 3 fully saturated rings. The summed E-state index contributed by atoms with van der Waals surface area (Å²) in [6.07, 6.45) is 22.6. The van der Waals surface area contributed by atoms with Gasteiger partial charge >= 0.3 is 6.16 Å².